The lowest BCUT2D eigenvalue weighted by Gasteiger charge is -2.11. The van der Waals surface area contributed by atoms with E-state index in [0.717, 1.165) is 21.3 Å². The highest BCUT2D eigenvalue weighted by molar-refractivity contribution is 5.88. The minimum Gasteiger partial charge on any atom is -0.325 e. The van der Waals surface area contributed by atoms with Gasteiger partial charge in [-0.15, -0.1) is 0 Å². The van der Waals surface area contributed by atoms with Crippen LogP contribution in [0.1, 0.15) is 19.4 Å². The van der Waals surface area contributed by atoms with Crippen molar-refractivity contribution in [3.63, 3.8) is 0 Å². The summed E-state index contributed by atoms with van der Waals surface area (Å²) < 4.78 is 4.46. The van der Waals surface area contributed by atoms with Gasteiger partial charge in [0.25, 0.3) is 5.56 Å². The molecule has 0 aliphatic carbocycles. The van der Waals surface area contributed by atoms with Gasteiger partial charge < -0.3 is 5.32 Å². The van der Waals surface area contributed by atoms with Crippen molar-refractivity contribution in [1.82, 2.24) is 29.1 Å². The molecule has 5 aromatic rings. The quantitative estimate of drug-likeness (QED) is 0.378. The van der Waals surface area contributed by atoms with Gasteiger partial charge in [0.05, 0.1) is 12.7 Å². The van der Waals surface area contributed by atoms with Gasteiger partial charge in [0, 0.05) is 19.7 Å². The number of nitrogens with zero attached hydrogens (tertiary/aromatic N) is 5. The van der Waals surface area contributed by atoms with Crippen LogP contribution in [0.15, 0.2) is 76.4 Å². The van der Waals surface area contributed by atoms with Crippen LogP contribution in [0, 0.1) is 5.92 Å². The van der Waals surface area contributed by atoms with Crippen molar-refractivity contribution in [2.45, 2.75) is 26.9 Å². The first-order chi connectivity index (χ1) is 16.9. The molecule has 0 saturated heterocycles. The van der Waals surface area contributed by atoms with Crippen molar-refractivity contribution in [2.75, 3.05) is 5.32 Å². The molecule has 3 heterocycles. The maximum Gasteiger partial charge on any atom is 0.332 e. The topological polar surface area (TPSA) is 103 Å². The Morgan fingerprint density at radius 2 is 1.69 bits per heavy atom. The number of rotatable bonds is 7. The zero-order valence-electron chi connectivity index (χ0n) is 19.9. The predicted molar refractivity (Wildman–Crippen MR) is 137 cm³/mol. The number of nitrogens with one attached hydrogen (secondary N) is 2. The van der Waals surface area contributed by atoms with Crippen molar-refractivity contribution in [1.29, 1.82) is 0 Å². The molecule has 0 radical (unpaired) electrons. The summed E-state index contributed by atoms with van der Waals surface area (Å²) in [6.07, 6.45) is 1.63. The highest BCUT2D eigenvalue weighted by Crippen LogP contribution is 2.25. The molecule has 9 heteroatoms. The van der Waals surface area contributed by atoms with Gasteiger partial charge in [-0.25, -0.2) is 9.48 Å². The molecular weight excluding hydrogens is 442 g/mol. The maximum absolute atomic E-state index is 13.2. The second kappa shape index (κ2) is 9.09. The van der Waals surface area contributed by atoms with Gasteiger partial charge >= 0.3 is 5.69 Å². The molecular formula is C26H27N7O2. The van der Waals surface area contributed by atoms with Crippen molar-refractivity contribution >= 4 is 22.7 Å². The van der Waals surface area contributed by atoms with Gasteiger partial charge in [-0.1, -0.05) is 68.4 Å². The lowest BCUT2D eigenvalue weighted by molar-refractivity contribution is 0.498. The summed E-state index contributed by atoms with van der Waals surface area (Å²) in [5.41, 5.74) is 2.88. The maximum atomic E-state index is 13.2. The normalized spacial score (nSPS) is 11.4. The number of H-pyrrole nitrogens is 1. The lowest BCUT2D eigenvalue weighted by Crippen LogP contribution is -2.38. The molecule has 0 spiro atoms. The summed E-state index contributed by atoms with van der Waals surface area (Å²) in [6, 6.07) is 20.2. The number of fused-ring (bicyclic) bond motifs is 1. The Bertz CT molecular complexity index is 1580. The van der Waals surface area contributed by atoms with E-state index < -0.39 is 5.56 Å². The van der Waals surface area contributed by atoms with Gasteiger partial charge in [-0.05, 0) is 22.6 Å². The largest absolute Gasteiger partial charge is 0.332 e. The first kappa shape index (κ1) is 22.4. The average molecular weight is 470 g/mol. The number of aromatic nitrogens is 6. The molecule has 9 nitrogen and oxygen atoms in total. The second-order valence-electron chi connectivity index (χ2n) is 9.01. The summed E-state index contributed by atoms with van der Waals surface area (Å²) in [4.78, 5) is 26.2. The van der Waals surface area contributed by atoms with E-state index in [2.05, 4.69) is 39.8 Å². The van der Waals surface area contributed by atoms with Crippen LogP contribution in [0.4, 0.5) is 11.6 Å². The third kappa shape index (κ3) is 4.28. The molecule has 2 aromatic carbocycles. The molecule has 2 N–H and O–H groups in total. The van der Waals surface area contributed by atoms with Crippen LogP contribution < -0.4 is 16.6 Å². The summed E-state index contributed by atoms with van der Waals surface area (Å²) in [7, 11) is 1.50. The minimum absolute atomic E-state index is 0.202. The molecule has 5 rings (SSSR count). The third-order valence-electron chi connectivity index (χ3n) is 5.92. The molecule has 0 atom stereocenters. The van der Waals surface area contributed by atoms with Gasteiger partial charge in [0.15, 0.2) is 5.65 Å². The number of hydrogen-bond donors (Lipinski definition) is 2. The van der Waals surface area contributed by atoms with Crippen LogP contribution in [0.5, 0.6) is 0 Å². The minimum atomic E-state index is -0.391. The van der Waals surface area contributed by atoms with E-state index in [9.17, 15) is 9.59 Å². The molecule has 0 unspecified atom stereocenters. The van der Waals surface area contributed by atoms with E-state index in [4.69, 9.17) is 5.10 Å². The van der Waals surface area contributed by atoms with E-state index in [1.807, 2.05) is 44.2 Å². The Labute approximate surface area is 201 Å². The predicted octanol–water partition coefficient (Wildman–Crippen LogP) is 3.73. The molecule has 0 aliphatic heterocycles. The lowest BCUT2D eigenvalue weighted by atomic mass is 10.0. The first-order valence-corrected chi connectivity index (χ1v) is 11.5. The Kier molecular flexibility index (Phi) is 5.82. The fourth-order valence-corrected chi connectivity index (χ4v) is 4.19. The summed E-state index contributed by atoms with van der Waals surface area (Å²) >= 11 is 0. The summed E-state index contributed by atoms with van der Waals surface area (Å²) in [6.45, 7) is 4.92. The van der Waals surface area contributed by atoms with Crippen molar-refractivity contribution in [3.8, 4) is 11.1 Å². The van der Waals surface area contributed by atoms with Crippen LogP contribution in [0.3, 0.4) is 0 Å². The van der Waals surface area contributed by atoms with Gasteiger partial charge in [-0.2, -0.15) is 10.2 Å². The van der Waals surface area contributed by atoms with Gasteiger partial charge in [0.2, 0.25) is 0 Å². The highest BCUT2D eigenvalue weighted by atomic mass is 16.2. The third-order valence-corrected chi connectivity index (χ3v) is 5.92. The molecule has 0 fully saturated rings. The zero-order chi connectivity index (χ0) is 24.5. The monoisotopic (exact) mass is 469 g/mol. The van der Waals surface area contributed by atoms with E-state index in [-0.39, 0.29) is 11.6 Å². The highest BCUT2D eigenvalue weighted by Gasteiger charge is 2.22. The van der Waals surface area contributed by atoms with Gasteiger partial charge in [-0.3, -0.25) is 19.0 Å². The molecule has 0 aliphatic rings. The second-order valence-corrected chi connectivity index (χ2v) is 9.01. The van der Waals surface area contributed by atoms with Crippen LogP contribution in [0.2, 0.25) is 0 Å². The van der Waals surface area contributed by atoms with Crippen molar-refractivity contribution in [2.24, 2.45) is 13.0 Å². The SMILES string of the molecule is CC(C)Cn1c(=O)n(C)c(=O)c2c(Nc3ccn[nH]3)n(Cc3ccc(-c4ccccc4)cc3)nc21. The first-order valence-electron chi connectivity index (χ1n) is 11.5. The Morgan fingerprint density at radius 1 is 0.971 bits per heavy atom. The average Bonchev–Trinajstić information content (AvgIpc) is 3.50. The smallest absolute Gasteiger partial charge is 0.325 e. The molecule has 0 amide bonds. The van der Waals surface area contributed by atoms with Crippen molar-refractivity contribution in [3.05, 3.63) is 93.3 Å². The molecule has 3 aromatic heterocycles. The Morgan fingerprint density at radius 3 is 2.34 bits per heavy atom. The van der Waals surface area contributed by atoms with E-state index in [1.54, 1.807) is 21.5 Å². The number of benzene rings is 2. The van der Waals surface area contributed by atoms with E-state index in [1.165, 1.54) is 7.05 Å². The Hall–Kier alpha value is -4.40. The van der Waals surface area contributed by atoms with Gasteiger partial charge in [0.1, 0.15) is 17.0 Å². The van der Waals surface area contributed by atoms with Crippen LogP contribution in [0.25, 0.3) is 22.2 Å². The van der Waals surface area contributed by atoms with Crippen LogP contribution >= 0.6 is 0 Å². The molecule has 0 bridgehead atoms. The zero-order valence-corrected chi connectivity index (χ0v) is 19.9. The molecule has 0 saturated carbocycles. The summed E-state index contributed by atoms with van der Waals surface area (Å²) in [5, 5.41) is 15.2. The van der Waals surface area contributed by atoms with Crippen LogP contribution in [-0.2, 0) is 20.1 Å². The Balaban J connectivity index is 1.63. The van der Waals surface area contributed by atoms with E-state index >= 15 is 0 Å². The van der Waals surface area contributed by atoms with Crippen LogP contribution in [-0.4, -0.2) is 29.1 Å². The standard InChI is InChI=1S/C26H27N7O2/c1-17(2)15-32-24-22(25(34)31(3)26(32)35)23(28-21-13-14-27-29-21)33(30-24)16-18-9-11-20(12-10-18)19-7-5-4-6-8-19/h4-14,17H,15-16H2,1-3H3,(H2,27,28,29). The van der Waals surface area contributed by atoms with E-state index in [0.29, 0.717) is 35.8 Å². The van der Waals surface area contributed by atoms with Crippen molar-refractivity contribution < 1.29 is 0 Å². The number of hydrogen-bond acceptors (Lipinski definition) is 5. The fraction of sp³-hybridized carbons (Fsp3) is 0.231. The number of aromatic amines is 1. The molecule has 178 valence electrons. The number of anilines is 2. The molecule has 35 heavy (non-hydrogen) atoms. The summed E-state index contributed by atoms with van der Waals surface area (Å²) in [5.74, 6) is 1.33. The fourth-order valence-electron chi connectivity index (χ4n) is 4.19.